The van der Waals surface area contributed by atoms with E-state index in [4.69, 9.17) is 8.85 Å². The highest BCUT2D eigenvalue weighted by molar-refractivity contribution is 6.74. The SMILES string of the molecule is C=CC[C@@]1(O[SiH](C)C)C(=O)C[C@@H](C(C)(C)C)[C@H]1C=C[C@H](CCCCC)O[Si](C)(C)C(C)(C)C. The molecule has 1 saturated carbocycles. The second-order valence-corrected chi connectivity index (χ2v) is 20.1. The van der Waals surface area contributed by atoms with Gasteiger partial charge in [0.15, 0.2) is 23.1 Å². The third-order valence-electron chi connectivity index (χ3n) is 7.73. The lowest BCUT2D eigenvalue weighted by Gasteiger charge is -2.40. The van der Waals surface area contributed by atoms with Crippen molar-refractivity contribution in [3.05, 3.63) is 24.8 Å². The molecule has 0 aromatic rings. The molecule has 0 N–H and O–H groups in total. The van der Waals surface area contributed by atoms with E-state index in [1.165, 1.54) is 19.3 Å². The van der Waals surface area contributed by atoms with Gasteiger partial charge < -0.3 is 8.85 Å². The van der Waals surface area contributed by atoms with Gasteiger partial charge in [0, 0.05) is 18.8 Å². The number of carbonyl (C=O) groups is 1. The second-order valence-electron chi connectivity index (χ2n) is 13.0. The molecular weight excluding hydrogens is 440 g/mol. The summed E-state index contributed by atoms with van der Waals surface area (Å²) in [6.45, 7) is 28.9. The summed E-state index contributed by atoms with van der Waals surface area (Å²) in [5.74, 6) is 0.554. The summed E-state index contributed by atoms with van der Waals surface area (Å²) < 4.78 is 13.5. The van der Waals surface area contributed by atoms with E-state index in [0.717, 1.165) is 6.42 Å². The normalized spacial score (nSPS) is 25.9. The Morgan fingerprint density at radius 3 is 2.24 bits per heavy atom. The third kappa shape index (κ3) is 8.01. The van der Waals surface area contributed by atoms with Crippen molar-refractivity contribution < 1.29 is 13.6 Å². The van der Waals surface area contributed by atoms with Crippen LogP contribution in [0.2, 0.25) is 31.2 Å². The van der Waals surface area contributed by atoms with Gasteiger partial charge in [-0.3, -0.25) is 4.79 Å². The Morgan fingerprint density at radius 1 is 1.18 bits per heavy atom. The Labute approximate surface area is 208 Å². The van der Waals surface area contributed by atoms with Crippen LogP contribution in [0.4, 0.5) is 0 Å². The number of Topliss-reactive ketones (excluding diaryl/α,β-unsaturated/α-hetero) is 1. The summed E-state index contributed by atoms with van der Waals surface area (Å²) in [7, 11) is -3.35. The fourth-order valence-corrected chi connectivity index (χ4v) is 7.34. The van der Waals surface area contributed by atoms with Gasteiger partial charge in [0.25, 0.3) is 0 Å². The molecule has 192 valence electrons. The van der Waals surface area contributed by atoms with E-state index in [9.17, 15) is 4.79 Å². The topological polar surface area (TPSA) is 35.5 Å². The molecule has 0 spiro atoms. The van der Waals surface area contributed by atoms with Gasteiger partial charge >= 0.3 is 0 Å². The predicted octanol–water partition coefficient (Wildman–Crippen LogP) is 8.08. The fraction of sp³-hybridized carbons (Fsp3) is 0.821. The van der Waals surface area contributed by atoms with E-state index in [-0.39, 0.29) is 34.2 Å². The summed E-state index contributed by atoms with van der Waals surface area (Å²) in [6.07, 6.45) is 12.4. The van der Waals surface area contributed by atoms with Crippen molar-refractivity contribution in [2.75, 3.05) is 0 Å². The Bertz CT molecular complexity index is 670. The zero-order valence-electron chi connectivity index (χ0n) is 23.7. The first-order valence-corrected chi connectivity index (χ1v) is 18.9. The summed E-state index contributed by atoms with van der Waals surface area (Å²) in [4.78, 5) is 13.5. The van der Waals surface area contributed by atoms with Gasteiger partial charge in [-0.2, -0.15) is 0 Å². The molecule has 0 radical (unpaired) electrons. The van der Waals surface area contributed by atoms with Crippen molar-refractivity contribution in [3.8, 4) is 0 Å². The van der Waals surface area contributed by atoms with Crippen molar-refractivity contribution in [1.82, 2.24) is 0 Å². The number of rotatable bonds is 12. The van der Waals surface area contributed by atoms with Crippen molar-refractivity contribution in [2.45, 2.75) is 130 Å². The Morgan fingerprint density at radius 2 is 1.79 bits per heavy atom. The van der Waals surface area contributed by atoms with E-state index in [2.05, 4.69) is 93.4 Å². The molecular formula is C28H54O3Si2. The molecule has 0 amide bonds. The fourth-order valence-electron chi connectivity index (χ4n) is 4.81. The minimum atomic E-state index is -1.91. The predicted molar refractivity (Wildman–Crippen MR) is 149 cm³/mol. The number of hydrogen-bond acceptors (Lipinski definition) is 3. The Kier molecular flexibility index (Phi) is 11.1. The molecule has 0 heterocycles. The van der Waals surface area contributed by atoms with Crippen LogP contribution in [0.1, 0.15) is 87.0 Å². The monoisotopic (exact) mass is 494 g/mol. The maximum Gasteiger partial charge on any atom is 0.192 e. The zero-order chi connectivity index (χ0) is 25.7. The van der Waals surface area contributed by atoms with Crippen LogP contribution in [0.3, 0.4) is 0 Å². The molecule has 0 aliphatic heterocycles. The summed E-state index contributed by atoms with van der Waals surface area (Å²) >= 11 is 0. The molecule has 1 fully saturated rings. The smallest absolute Gasteiger partial charge is 0.192 e. The molecule has 0 unspecified atom stereocenters. The van der Waals surface area contributed by atoms with Crippen molar-refractivity contribution in [3.63, 3.8) is 0 Å². The lowest BCUT2D eigenvalue weighted by atomic mass is 9.71. The highest BCUT2D eigenvalue weighted by Crippen LogP contribution is 2.51. The Balaban J connectivity index is 3.41. The van der Waals surface area contributed by atoms with Crippen LogP contribution in [0.15, 0.2) is 24.8 Å². The van der Waals surface area contributed by atoms with E-state index in [1.54, 1.807) is 0 Å². The number of carbonyl (C=O) groups excluding carboxylic acids is 1. The standard InChI is InChI=1S/C28H54O3Si2/c1-13-15-16-17-22(30-33(11,12)27(6,7)8)18-19-23-24(26(3,4)5)21-25(29)28(23,20-14-2)31-32(9)10/h14,18-19,22-24,32H,2,13,15-17,20-21H2,1,3-12H3/t22-,23+,24+,28-/m0/s1. The maximum atomic E-state index is 13.5. The van der Waals surface area contributed by atoms with Crippen LogP contribution in [0, 0.1) is 17.3 Å². The zero-order valence-corrected chi connectivity index (χ0v) is 25.9. The van der Waals surface area contributed by atoms with E-state index >= 15 is 0 Å². The molecule has 1 aliphatic carbocycles. The molecule has 0 aromatic heterocycles. The van der Waals surface area contributed by atoms with E-state index in [1.807, 2.05) is 6.08 Å². The average Bonchev–Trinajstić information content (AvgIpc) is 2.90. The number of hydrogen-bond donors (Lipinski definition) is 0. The first-order chi connectivity index (χ1) is 15.0. The Hall–Kier alpha value is -0.496. The van der Waals surface area contributed by atoms with Gasteiger partial charge in [0.2, 0.25) is 0 Å². The molecule has 3 nitrogen and oxygen atoms in total. The molecule has 1 aliphatic rings. The lowest BCUT2D eigenvalue weighted by Crippen LogP contribution is -2.47. The largest absolute Gasteiger partial charge is 0.411 e. The van der Waals surface area contributed by atoms with Crippen LogP contribution in [0.25, 0.3) is 0 Å². The molecule has 0 saturated heterocycles. The quantitative estimate of drug-likeness (QED) is 0.156. The molecule has 33 heavy (non-hydrogen) atoms. The minimum Gasteiger partial charge on any atom is -0.411 e. The second kappa shape index (κ2) is 12.0. The van der Waals surface area contributed by atoms with Crippen molar-refractivity contribution in [2.24, 2.45) is 17.3 Å². The van der Waals surface area contributed by atoms with E-state index in [0.29, 0.717) is 12.8 Å². The molecule has 0 bridgehead atoms. The van der Waals surface area contributed by atoms with Crippen LogP contribution in [0.5, 0.6) is 0 Å². The van der Waals surface area contributed by atoms with Gasteiger partial charge in [-0.25, -0.2) is 0 Å². The highest BCUT2D eigenvalue weighted by Gasteiger charge is 2.56. The molecule has 1 rings (SSSR count). The summed E-state index contributed by atoms with van der Waals surface area (Å²) in [5, 5.41) is 0.167. The third-order valence-corrected chi connectivity index (χ3v) is 13.1. The highest BCUT2D eigenvalue weighted by atomic mass is 28.4. The first kappa shape index (κ1) is 30.5. The van der Waals surface area contributed by atoms with Crippen LogP contribution in [-0.2, 0) is 13.6 Å². The van der Waals surface area contributed by atoms with Gasteiger partial charge in [-0.15, -0.1) is 6.58 Å². The van der Waals surface area contributed by atoms with E-state index < -0.39 is 23.0 Å². The van der Waals surface area contributed by atoms with Crippen LogP contribution < -0.4 is 0 Å². The van der Waals surface area contributed by atoms with Gasteiger partial charge in [0.1, 0.15) is 5.60 Å². The number of ketones is 1. The summed E-state index contributed by atoms with van der Waals surface area (Å²) in [6, 6.07) is 0. The van der Waals surface area contributed by atoms with Gasteiger partial charge in [-0.05, 0) is 49.0 Å². The minimum absolute atomic E-state index is 0.0213. The van der Waals surface area contributed by atoms with Gasteiger partial charge in [-0.1, -0.05) is 86.0 Å². The van der Waals surface area contributed by atoms with Gasteiger partial charge in [0.05, 0.1) is 6.10 Å². The van der Waals surface area contributed by atoms with Crippen molar-refractivity contribution in [1.29, 1.82) is 0 Å². The first-order valence-electron chi connectivity index (χ1n) is 13.2. The molecule has 4 atom stereocenters. The lowest BCUT2D eigenvalue weighted by molar-refractivity contribution is -0.132. The van der Waals surface area contributed by atoms with Crippen LogP contribution in [-0.4, -0.2) is 34.8 Å². The average molecular weight is 495 g/mol. The molecule has 0 aromatic carbocycles. The maximum absolute atomic E-state index is 13.5. The molecule has 5 heteroatoms. The number of unbranched alkanes of at least 4 members (excludes halogenated alkanes) is 2. The summed E-state index contributed by atoms with van der Waals surface area (Å²) in [5.41, 5.74) is -0.741. The van der Waals surface area contributed by atoms with Crippen molar-refractivity contribution >= 4 is 23.1 Å². The van der Waals surface area contributed by atoms with Crippen LogP contribution >= 0.6 is 0 Å².